The molecule has 2 nitrogen and oxygen atoms in total. The van der Waals surface area contributed by atoms with Gasteiger partial charge in [-0.3, -0.25) is 0 Å². The molecule has 0 aliphatic carbocycles. The Morgan fingerprint density at radius 2 is 1.50 bits per heavy atom. The van der Waals surface area contributed by atoms with Gasteiger partial charge in [-0.25, -0.2) is 0 Å². The van der Waals surface area contributed by atoms with Gasteiger partial charge in [0.05, 0.1) is 0 Å². The number of hydrogen-bond donors (Lipinski definition) is 2. The van der Waals surface area contributed by atoms with Crippen molar-refractivity contribution in [2.75, 3.05) is 13.1 Å². The van der Waals surface area contributed by atoms with Crippen LogP contribution in [-0.2, 0) is 0 Å². The Morgan fingerprint density at radius 1 is 0.800 bits per heavy atom. The lowest BCUT2D eigenvalue weighted by atomic mass is 10.2. The second-order valence-corrected chi connectivity index (χ2v) is 2.33. The first kappa shape index (κ1) is 9.66. The lowest BCUT2D eigenvalue weighted by Crippen LogP contribution is -1.97. The van der Waals surface area contributed by atoms with E-state index in [-0.39, 0.29) is 0 Å². The first-order chi connectivity index (χ1) is 4.91. The van der Waals surface area contributed by atoms with E-state index in [1.54, 1.807) is 0 Å². The zero-order valence-electron chi connectivity index (χ0n) is 6.55. The van der Waals surface area contributed by atoms with Gasteiger partial charge < -0.3 is 11.5 Å². The zero-order valence-corrected chi connectivity index (χ0v) is 6.55. The molecule has 10 heavy (non-hydrogen) atoms. The van der Waals surface area contributed by atoms with E-state index in [2.05, 4.69) is 12.2 Å². The normalized spacial score (nSPS) is 11.0. The highest BCUT2D eigenvalue weighted by Crippen LogP contribution is 1.94. The summed E-state index contributed by atoms with van der Waals surface area (Å²) in [5, 5.41) is 0. The van der Waals surface area contributed by atoms with Crippen molar-refractivity contribution in [3.8, 4) is 0 Å². The predicted molar refractivity (Wildman–Crippen MR) is 45.7 cm³/mol. The molecule has 0 aliphatic heterocycles. The summed E-state index contributed by atoms with van der Waals surface area (Å²) in [5.41, 5.74) is 10.6. The molecule has 0 atom stereocenters. The molecule has 60 valence electrons. The van der Waals surface area contributed by atoms with Crippen molar-refractivity contribution in [2.45, 2.75) is 25.7 Å². The third-order valence-electron chi connectivity index (χ3n) is 1.32. The molecule has 0 aliphatic rings. The van der Waals surface area contributed by atoms with Gasteiger partial charge >= 0.3 is 0 Å². The van der Waals surface area contributed by atoms with Gasteiger partial charge in [-0.2, -0.15) is 0 Å². The highest BCUT2D eigenvalue weighted by Gasteiger charge is 1.80. The van der Waals surface area contributed by atoms with Crippen LogP contribution in [0.2, 0.25) is 0 Å². The number of unbranched alkanes of at least 4 members (excludes halogenated alkanes) is 2. The van der Waals surface area contributed by atoms with Gasteiger partial charge in [0.25, 0.3) is 0 Å². The van der Waals surface area contributed by atoms with Crippen molar-refractivity contribution in [1.82, 2.24) is 0 Å². The maximum absolute atomic E-state index is 5.33. The minimum absolute atomic E-state index is 0.757. The van der Waals surface area contributed by atoms with Crippen molar-refractivity contribution in [1.29, 1.82) is 0 Å². The fourth-order valence-corrected chi connectivity index (χ4v) is 0.738. The first-order valence-corrected chi connectivity index (χ1v) is 3.97. The molecular formula is C8H18N2. The number of nitrogens with two attached hydrogens (primary N) is 2. The highest BCUT2D eigenvalue weighted by molar-refractivity contribution is 4.81. The van der Waals surface area contributed by atoms with Crippen LogP contribution in [0.4, 0.5) is 0 Å². The van der Waals surface area contributed by atoms with Crippen LogP contribution in [0.3, 0.4) is 0 Å². The van der Waals surface area contributed by atoms with Crippen LogP contribution in [0.15, 0.2) is 12.2 Å². The van der Waals surface area contributed by atoms with E-state index in [1.165, 1.54) is 6.42 Å². The Morgan fingerprint density at radius 3 is 2.10 bits per heavy atom. The van der Waals surface area contributed by atoms with E-state index in [9.17, 15) is 0 Å². The van der Waals surface area contributed by atoms with Gasteiger partial charge in [0.2, 0.25) is 0 Å². The van der Waals surface area contributed by atoms with Gasteiger partial charge in [0.1, 0.15) is 0 Å². The van der Waals surface area contributed by atoms with Crippen molar-refractivity contribution in [3.05, 3.63) is 12.2 Å². The standard InChI is InChI=1S/C8H18N2/c9-7-5-3-1-2-4-6-8-10/h1,3H,2,4-10H2/b3-1+. The highest BCUT2D eigenvalue weighted by atomic mass is 14.5. The Hall–Kier alpha value is -0.340. The lowest BCUT2D eigenvalue weighted by Gasteiger charge is -1.90. The van der Waals surface area contributed by atoms with Crippen LogP contribution >= 0.6 is 0 Å². The van der Waals surface area contributed by atoms with Crippen LogP contribution in [0.1, 0.15) is 25.7 Å². The molecule has 4 N–H and O–H groups in total. The predicted octanol–water partition coefficient (Wildman–Crippen LogP) is 1.02. The average Bonchev–Trinajstić information content (AvgIpc) is 1.97. The molecule has 0 spiro atoms. The van der Waals surface area contributed by atoms with Crippen LogP contribution < -0.4 is 11.5 Å². The SMILES string of the molecule is NCC/C=C/CCCCN. The molecule has 0 heterocycles. The quantitative estimate of drug-likeness (QED) is 0.430. The van der Waals surface area contributed by atoms with E-state index in [4.69, 9.17) is 11.5 Å². The summed E-state index contributed by atoms with van der Waals surface area (Å²) in [4.78, 5) is 0. The maximum Gasteiger partial charge on any atom is -0.00426 e. The van der Waals surface area contributed by atoms with Gasteiger partial charge in [-0.05, 0) is 38.8 Å². The van der Waals surface area contributed by atoms with Gasteiger partial charge in [0, 0.05) is 0 Å². The van der Waals surface area contributed by atoms with Gasteiger partial charge in [0.15, 0.2) is 0 Å². The summed E-state index contributed by atoms with van der Waals surface area (Å²) in [5.74, 6) is 0. The topological polar surface area (TPSA) is 52.0 Å². The zero-order chi connectivity index (χ0) is 7.66. The molecule has 0 bridgehead atoms. The summed E-state index contributed by atoms with van der Waals surface area (Å²) >= 11 is 0. The second-order valence-electron chi connectivity index (χ2n) is 2.33. The molecule has 0 rings (SSSR count). The summed E-state index contributed by atoms with van der Waals surface area (Å²) in [7, 11) is 0. The fourth-order valence-electron chi connectivity index (χ4n) is 0.738. The molecule has 2 heteroatoms. The van der Waals surface area contributed by atoms with Crippen molar-refractivity contribution >= 4 is 0 Å². The Kier molecular flexibility index (Phi) is 8.37. The van der Waals surface area contributed by atoms with Crippen LogP contribution in [0.25, 0.3) is 0 Å². The van der Waals surface area contributed by atoms with Crippen LogP contribution in [0, 0.1) is 0 Å². The minimum atomic E-state index is 0.757. The molecule has 0 amide bonds. The number of hydrogen-bond acceptors (Lipinski definition) is 2. The minimum Gasteiger partial charge on any atom is -0.330 e. The largest absolute Gasteiger partial charge is 0.330 e. The molecule has 0 saturated heterocycles. The average molecular weight is 142 g/mol. The number of rotatable bonds is 6. The molecule has 0 fully saturated rings. The van der Waals surface area contributed by atoms with Crippen LogP contribution in [0.5, 0.6) is 0 Å². The summed E-state index contributed by atoms with van der Waals surface area (Å²) in [6, 6.07) is 0. The summed E-state index contributed by atoms with van der Waals surface area (Å²) in [6.07, 6.45) is 8.81. The summed E-state index contributed by atoms with van der Waals surface area (Å²) in [6.45, 7) is 1.57. The van der Waals surface area contributed by atoms with E-state index < -0.39 is 0 Å². The third kappa shape index (κ3) is 7.66. The maximum atomic E-state index is 5.33. The molecule has 0 radical (unpaired) electrons. The summed E-state index contributed by atoms with van der Waals surface area (Å²) < 4.78 is 0. The molecule has 0 saturated carbocycles. The van der Waals surface area contributed by atoms with Gasteiger partial charge in [-0.1, -0.05) is 12.2 Å². The second kappa shape index (κ2) is 8.66. The number of allylic oxidation sites excluding steroid dienone is 1. The Labute approximate surface area is 63.3 Å². The van der Waals surface area contributed by atoms with Gasteiger partial charge in [-0.15, -0.1) is 0 Å². The van der Waals surface area contributed by atoms with E-state index in [0.29, 0.717) is 0 Å². The lowest BCUT2D eigenvalue weighted by molar-refractivity contribution is 0.757. The fraction of sp³-hybridized carbons (Fsp3) is 0.750. The van der Waals surface area contributed by atoms with Crippen LogP contribution in [-0.4, -0.2) is 13.1 Å². The molecule has 0 aromatic carbocycles. The smallest absolute Gasteiger partial charge is 0.00426 e. The molecular weight excluding hydrogens is 124 g/mol. The Balaban J connectivity index is 2.88. The van der Waals surface area contributed by atoms with Crippen molar-refractivity contribution in [2.24, 2.45) is 11.5 Å². The molecule has 0 aromatic heterocycles. The van der Waals surface area contributed by atoms with Crippen molar-refractivity contribution < 1.29 is 0 Å². The van der Waals surface area contributed by atoms with E-state index in [1.807, 2.05) is 0 Å². The van der Waals surface area contributed by atoms with E-state index in [0.717, 1.165) is 32.4 Å². The molecule has 0 unspecified atom stereocenters. The van der Waals surface area contributed by atoms with E-state index >= 15 is 0 Å². The van der Waals surface area contributed by atoms with Crippen molar-refractivity contribution in [3.63, 3.8) is 0 Å². The monoisotopic (exact) mass is 142 g/mol. The molecule has 0 aromatic rings. The Bertz CT molecular complexity index is 79.3. The first-order valence-electron chi connectivity index (χ1n) is 3.97. The third-order valence-corrected chi connectivity index (χ3v) is 1.32.